The minimum absolute atomic E-state index is 0.0622. The highest BCUT2D eigenvalue weighted by molar-refractivity contribution is 5.95. The molecule has 0 spiro atoms. The minimum Gasteiger partial charge on any atom is -0.436 e. The van der Waals surface area contributed by atoms with Crippen LogP contribution in [0.4, 0.5) is 19.3 Å². The minimum atomic E-state index is -1.25. The van der Waals surface area contributed by atoms with Gasteiger partial charge in [0.25, 0.3) is 11.5 Å². The van der Waals surface area contributed by atoms with E-state index < -0.39 is 35.3 Å². The molecule has 3 aromatic rings. The molecule has 0 aliphatic carbocycles. The maximum atomic E-state index is 14.7. The van der Waals surface area contributed by atoms with Crippen LogP contribution in [-0.2, 0) is 27.3 Å². The third-order valence-electron chi connectivity index (χ3n) is 6.32. The Labute approximate surface area is 248 Å². The summed E-state index contributed by atoms with van der Waals surface area (Å²) in [7, 11) is 6.14. The lowest BCUT2D eigenvalue weighted by atomic mass is 9.87. The number of anilines is 1. The molecule has 0 aliphatic rings. The van der Waals surface area contributed by atoms with Gasteiger partial charge in [0.15, 0.2) is 17.7 Å². The lowest BCUT2D eigenvalue weighted by Crippen LogP contribution is -2.37. The van der Waals surface area contributed by atoms with Crippen LogP contribution < -0.4 is 10.9 Å². The van der Waals surface area contributed by atoms with E-state index in [2.05, 4.69) is 15.3 Å². The van der Waals surface area contributed by atoms with Crippen molar-refractivity contribution in [2.24, 2.45) is 5.41 Å². The van der Waals surface area contributed by atoms with Gasteiger partial charge in [-0.3, -0.25) is 14.4 Å². The van der Waals surface area contributed by atoms with E-state index in [0.717, 1.165) is 6.07 Å². The topological polar surface area (TPSA) is 130 Å². The molecule has 2 N–H and O–H groups in total. The number of aromatic amines is 1. The number of carbonyl (C=O) groups excluding carboxylic acids is 3. The number of aromatic nitrogens is 3. The van der Waals surface area contributed by atoms with Gasteiger partial charge in [0, 0.05) is 46.0 Å². The Bertz CT molecular complexity index is 1590. The van der Waals surface area contributed by atoms with Gasteiger partial charge in [-0.25, -0.2) is 18.6 Å². The maximum Gasteiger partial charge on any atom is 0.410 e. The van der Waals surface area contributed by atoms with Crippen molar-refractivity contribution in [3.05, 3.63) is 69.9 Å². The van der Waals surface area contributed by atoms with Crippen molar-refractivity contribution in [3.63, 3.8) is 0 Å². The van der Waals surface area contributed by atoms with Crippen molar-refractivity contribution in [2.45, 2.75) is 52.7 Å². The first-order chi connectivity index (χ1) is 20.1. The maximum absolute atomic E-state index is 14.7. The summed E-state index contributed by atoms with van der Waals surface area (Å²) in [6, 6.07) is 3.98. The number of benzene rings is 1. The molecule has 3 rings (SSSR count). The Balaban J connectivity index is 1.83. The molecule has 1 atom stereocenters. The van der Waals surface area contributed by atoms with Crippen LogP contribution in [-0.4, -0.2) is 76.5 Å². The fraction of sp³-hybridized carbons (Fsp3) is 0.433. The summed E-state index contributed by atoms with van der Waals surface area (Å²) in [6.07, 6.45) is 2.98. The number of ether oxygens (including phenoxy) is 1. The summed E-state index contributed by atoms with van der Waals surface area (Å²) in [4.78, 5) is 60.3. The molecule has 2 heterocycles. The highest BCUT2D eigenvalue weighted by atomic mass is 19.2. The summed E-state index contributed by atoms with van der Waals surface area (Å²) in [6.45, 7) is 5.65. The average Bonchev–Trinajstić information content (AvgIpc) is 3.31. The van der Waals surface area contributed by atoms with Gasteiger partial charge in [-0.15, -0.1) is 0 Å². The Hall–Kier alpha value is -4.55. The van der Waals surface area contributed by atoms with Gasteiger partial charge in [-0.1, -0.05) is 26.8 Å². The molecule has 2 aromatic heterocycles. The van der Waals surface area contributed by atoms with E-state index in [-0.39, 0.29) is 59.7 Å². The fourth-order valence-corrected chi connectivity index (χ4v) is 4.16. The lowest BCUT2D eigenvalue weighted by Gasteiger charge is -2.19. The Kier molecular flexibility index (Phi) is 10.4. The molecule has 43 heavy (non-hydrogen) atoms. The fourth-order valence-electron chi connectivity index (χ4n) is 4.16. The Morgan fingerprint density at radius 3 is 2.49 bits per heavy atom. The second-order valence-electron chi connectivity index (χ2n) is 11.8. The molecule has 0 aliphatic heterocycles. The van der Waals surface area contributed by atoms with Crippen molar-refractivity contribution in [3.8, 4) is 0 Å². The molecule has 232 valence electrons. The first-order valence-corrected chi connectivity index (χ1v) is 13.7. The molecule has 0 saturated heterocycles. The predicted molar refractivity (Wildman–Crippen MR) is 159 cm³/mol. The van der Waals surface area contributed by atoms with Crippen LogP contribution in [0.2, 0.25) is 0 Å². The third kappa shape index (κ3) is 8.72. The number of pyridine rings is 1. The molecule has 13 heteroatoms. The highest BCUT2D eigenvalue weighted by Crippen LogP contribution is 2.29. The molecule has 11 nitrogen and oxygen atoms in total. The van der Waals surface area contributed by atoms with Gasteiger partial charge in [-0.2, -0.15) is 0 Å². The SMILES string of the molecule is CN(C)C(=O)C=CCCC(OC(=O)N(C)C)C(=O)Nc1cccn(Cc2nc3c(CC(C)(C)C)c(F)c(F)cc3[nH]2)c1=O. The number of hydrogen-bond acceptors (Lipinski definition) is 6. The zero-order valence-electron chi connectivity index (χ0n) is 25.5. The van der Waals surface area contributed by atoms with Crippen molar-refractivity contribution in [1.82, 2.24) is 24.3 Å². The number of amides is 3. The van der Waals surface area contributed by atoms with Gasteiger partial charge >= 0.3 is 6.09 Å². The van der Waals surface area contributed by atoms with Gasteiger partial charge in [0.2, 0.25) is 5.91 Å². The number of hydrogen-bond donors (Lipinski definition) is 2. The van der Waals surface area contributed by atoms with E-state index in [0.29, 0.717) is 5.52 Å². The largest absolute Gasteiger partial charge is 0.436 e. The van der Waals surface area contributed by atoms with E-state index in [1.165, 1.54) is 46.8 Å². The monoisotopic (exact) mass is 600 g/mol. The number of imidazole rings is 1. The number of rotatable bonds is 10. The first-order valence-electron chi connectivity index (χ1n) is 13.7. The summed E-state index contributed by atoms with van der Waals surface area (Å²) < 4.78 is 35.7. The normalized spacial score (nSPS) is 12.4. The van der Waals surface area contributed by atoms with Crippen LogP contribution in [0, 0.1) is 17.0 Å². The van der Waals surface area contributed by atoms with E-state index in [9.17, 15) is 28.0 Å². The van der Waals surface area contributed by atoms with Crippen LogP contribution in [0.1, 0.15) is 45.0 Å². The van der Waals surface area contributed by atoms with Crippen molar-refractivity contribution < 1.29 is 27.9 Å². The first kappa shape index (κ1) is 33.0. The van der Waals surface area contributed by atoms with Gasteiger partial charge < -0.3 is 29.4 Å². The molecule has 1 aromatic carbocycles. The van der Waals surface area contributed by atoms with Crippen LogP contribution in [0.15, 0.2) is 41.3 Å². The number of nitrogens with zero attached hydrogens (tertiary/aromatic N) is 4. The summed E-state index contributed by atoms with van der Waals surface area (Å²) in [5.74, 6) is -2.61. The second kappa shape index (κ2) is 13.6. The predicted octanol–water partition coefficient (Wildman–Crippen LogP) is 4.07. The molecule has 0 saturated carbocycles. The van der Waals surface area contributed by atoms with E-state index >= 15 is 0 Å². The second-order valence-corrected chi connectivity index (χ2v) is 11.8. The van der Waals surface area contributed by atoms with Crippen molar-refractivity contribution >= 4 is 34.6 Å². The molecule has 3 amide bonds. The zero-order chi connectivity index (χ0) is 32.1. The highest BCUT2D eigenvalue weighted by Gasteiger charge is 2.25. The van der Waals surface area contributed by atoms with Crippen LogP contribution in [0.25, 0.3) is 11.0 Å². The number of carbonyl (C=O) groups is 3. The molecular formula is C30H38F2N6O5. The van der Waals surface area contributed by atoms with Gasteiger partial charge in [0.05, 0.1) is 17.6 Å². The van der Waals surface area contributed by atoms with Gasteiger partial charge in [-0.05, 0) is 42.9 Å². The summed E-state index contributed by atoms with van der Waals surface area (Å²) >= 11 is 0. The van der Waals surface area contributed by atoms with Gasteiger partial charge in [0.1, 0.15) is 11.5 Å². The molecule has 0 fully saturated rings. The number of fused-ring (bicyclic) bond motifs is 1. The van der Waals surface area contributed by atoms with E-state index in [1.807, 2.05) is 20.8 Å². The summed E-state index contributed by atoms with van der Waals surface area (Å²) in [5.41, 5.74) is -0.234. The summed E-state index contributed by atoms with van der Waals surface area (Å²) in [5, 5.41) is 2.53. The number of likely N-dealkylation sites (N-methyl/N-ethyl adjacent to an activating group) is 1. The van der Waals surface area contributed by atoms with Crippen molar-refractivity contribution in [1.29, 1.82) is 0 Å². The molecule has 0 bridgehead atoms. The third-order valence-corrected chi connectivity index (χ3v) is 6.32. The van der Waals surface area contributed by atoms with Crippen molar-refractivity contribution in [2.75, 3.05) is 33.5 Å². The molecule has 1 unspecified atom stereocenters. The lowest BCUT2D eigenvalue weighted by molar-refractivity contribution is -0.125. The number of H-pyrrole nitrogens is 1. The van der Waals surface area contributed by atoms with E-state index in [4.69, 9.17) is 4.74 Å². The number of nitrogens with one attached hydrogen (secondary N) is 2. The van der Waals surface area contributed by atoms with E-state index in [1.54, 1.807) is 26.2 Å². The Morgan fingerprint density at radius 2 is 1.86 bits per heavy atom. The number of halogens is 2. The smallest absolute Gasteiger partial charge is 0.410 e. The van der Waals surface area contributed by atoms with Crippen LogP contribution in [0.3, 0.4) is 0 Å². The van der Waals surface area contributed by atoms with Crippen LogP contribution >= 0.6 is 0 Å². The Morgan fingerprint density at radius 1 is 1.16 bits per heavy atom. The standard InChI is InChI=1S/C30H38F2N6O5/c1-30(2,3)16-18-25(32)19(31)15-21-26(18)35-23(33-21)17-38-14-10-11-20(28(38)41)34-27(40)22(43-29(42)37(6)7)12-8-9-13-24(39)36(4)5/h9-11,13-15,22H,8,12,16-17H2,1-7H3,(H,33,35)(H,34,40). The quantitative estimate of drug-likeness (QED) is 0.338. The average molecular weight is 601 g/mol. The van der Waals surface area contributed by atoms with Crippen LogP contribution in [0.5, 0.6) is 0 Å². The number of allylic oxidation sites excluding steroid dienone is 1. The zero-order valence-corrected chi connectivity index (χ0v) is 25.5. The molecular weight excluding hydrogens is 562 g/mol. The molecule has 0 radical (unpaired) electrons.